The van der Waals surface area contributed by atoms with Gasteiger partial charge in [-0.1, -0.05) is 0 Å². The molecular weight excluding hydrogens is 262 g/mol. The normalized spacial score (nSPS) is 27.2. The number of sulfonamides is 1. The van der Waals surface area contributed by atoms with Gasteiger partial charge >= 0.3 is 0 Å². The van der Waals surface area contributed by atoms with Gasteiger partial charge in [0.1, 0.15) is 0 Å². The van der Waals surface area contributed by atoms with Gasteiger partial charge in [-0.2, -0.15) is 0 Å². The van der Waals surface area contributed by atoms with E-state index < -0.39 is 10.0 Å². The van der Waals surface area contributed by atoms with Gasteiger partial charge in [-0.15, -0.1) is 0 Å². The van der Waals surface area contributed by atoms with Crippen LogP contribution in [0, 0.1) is 5.92 Å². The summed E-state index contributed by atoms with van der Waals surface area (Å²) in [7, 11) is 0.767. The molecule has 2 saturated heterocycles. The third-order valence-electron chi connectivity index (χ3n) is 4.40. The van der Waals surface area contributed by atoms with E-state index in [0.717, 1.165) is 45.3 Å². The first kappa shape index (κ1) is 15.2. The van der Waals surface area contributed by atoms with Crippen molar-refractivity contribution < 1.29 is 8.42 Å². The fourth-order valence-corrected chi connectivity index (χ4v) is 4.49. The lowest BCUT2D eigenvalue weighted by atomic mass is 9.97. The van der Waals surface area contributed by atoms with E-state index in [1.165, 1.54) is 0 Å². The van der Waals surface area contributed by atoms with Gasteiger partial charge in [-0.3, -0.25) is 0 Å². The van der Waals surface area contributed by atoms with E-state index in [4.69, 9.17) is 0 Å². The summed E-state index contributed by atoms with van der Waals surface area (Å²) in [6.45, 7) is 3.81. The number of likely N-dealkylation sites (tertiary alicyclic amines) is 1. The summed E-state index contributed by atoms with van der Waals surface area (Å²) in [4.78, 5) is 2.31. The number of nitrogens with zero attached hydrogens (tertiary/aromatic N) is 2. The summed E-state index contributed by atoms with van der Waals surface area (Å²) >= 11 is 0. The van der Waals surface area contributed by atoms with Gasteiger partial charge < -0.3 is 10.2 Å². The molecule has 19 heavy (non-hydrogen) atoms. The lowest BCUT2D eigenvalue weighted by molar-refractivity contribution is 0.202. The van der Waals surface area contributed by atoms with Crippen molar-refractivity contribution in [2.45, 2.75) is 31.7 Å². The Hall–Kier alpha value is -0.170. The van der Waals surface area contributed by atoms with E-state index >= 15 is 0 Å². The number of hydrogen-bond donors (Lipinski definition) is 1. The molecule has 2 heterocycles. The Kier molecular flexibility index (Phi) is 5.22. The van der Waals surface area contributed by atoms with Crippen LogP contribution in [0.15, 0.2) is 0 Å². The third kappa shape index (κ3) is 4.41. The maximum absolute atomic E-state index is 12.3. The molecule has 0 spiro atoms. The van der Waals surface area contributed by atoms with Crippen LogP contribution >= 0.6 is 0 Å². The Morgan fingerprint density at radius 2 is 1.95 bits per heavy atom. The summed E-state index contributed by atoms with van der Waals surface area (Å²) < 4.78 is 26.2. The minimum atomic E-state index is -3.10. The van der Waals surface area contributed by atoms with Gasteiger partial charge in [0.15, 0.2) is 0 Å². The molecule has 0 saturated carbocycles. The fraction of sp³-hybridized carbons (Fsp3) is 1.00. The van der Waals surface area contributed by atoms with Crippen molar-refractivity contribution in [3.63, 3.8) is 0 Å². The zero-order chi connectivity index (χ0) is 13.9. The monoisotopic (exact) mass is 289 g/mol. The number of rotatable bonds is 5. The zero-order valence-electron chi connectivity index (χ0n) is 12.1. The average Bonchev–Trinajstić information content (AvgIpc) is 2.84. The Labute approximate surface area is 117 Å². The SMILES string of the molecule is CN1CCC(CN(C)S(=O)(=O)CC2CCCN2)CC1. The van der Waals surface area contributed by atoms with Gasteiger partial charge in [-0.05, 0) is 58.3 Å². The predicted octanol–water partition coefficient (Wildman–Crippen LogP) is 0.342. The van der Waals surface area contributed by atoms with Gasteiger partial charge in [0.2, 0.25) is 10.0 Å². The molecule has 1 atom stereocenters. The smallest absolute Gasteiger partial charge is 0.215 e. The fourth-order valence-electron chi connectivity index (χ4n) is 3.00. The van der Waals surface area contributed by atoms with E-state index in [1.54, 1.807) is 11.4 Å². The van der Waals surface area contributed by atoms with Crippen molar-refractivity contribution in [3.05, 3.63) is 0 Å². The summed E-state index contributed by atoms with van der Waals surface area (Å²) in [5.74, 6) is 0.781. The first-order chi connectivity index (χ1) is 8.97. The maximum Gasteiger partial charge on any atom is 0.215 e. The van der Waals surface area contributed by atoms with Crippen LogP contribution in [0.3, 0.4) is 0 Å². The molecule has 2 aliphatic rings. The minimum absolute atomic E-state index is 0.157. The minimum Gasteiger partial charge on any atom is -0.313 e. The van der Waals surface area contributed by atoms with E-state index in [-0.39, 0.29) is 11.8 Å². The van der Waals surface area contributed by atoms with Crippen LogP contribution in [-0.2, 0) is 10.0 Å². The van der Waals surface area contributed by atoms with Gasteiger partial charge in [0.05, 0.1) is 5.75 Å². The second kappa shape index (κ2) is 6.52. The van der Waals surface area contributed by atoms with Crippen molar-refractivity contribution in [2.24, 2.45) is 5.92 Å². The lowest BCUT2D eigenvalue weighted by Crippen LogP contribution is -2.41. The third-order valence-corrected chi connectivity index (χ3v) is 6.32. The molecular formula is C13H27N3O2S. The van der Waals surface area contributed by atoms with Crippen LogP contribution < -0.4 is 5.32 Å². The van der Waals surface area contributed by atoms with E-state index in [1.807, 2.05) is 0 Å². The number of hydrogen-bond acceptors (Lipinski definition) is 4. The highest BCUT2D eigenvalue weighted by atomic mass is 32.2. The molecule has 0 aromatic carbocycles. The summed E-state index contributed by atoms with van der Waals surface area (Å²) in [6, 6.07) is 0.157. The Bertz CT molecular complexity index is 371. The van der Waals surface area contributed by atoms with Crippen molar-refractivity contribution in [3.8, 4) is 0 Å². The zero-order valence-corrected chi connectivity index (χ0v) is 13.0. The Balaban J connectivity index is 1.82. The van der Waals surface area contributed by atoms with E-state index in [9.17, 15) is 8.42 Å². The molecule has 1 unspecified atom stereocenters. The summed E-state index contributed by atoms with van der Waals surface area (Å²) in [6.07, 6.45) is 4.30. The van der Waals surface area contributed by atoms with E-state index in [0.29, 0.717) is 12.5 Å². The van der Waals surface area contributed by atoms with Crippen LogP contribution in [0.2, 0.25) is 0 Å². The average molecular weight is 289 g/mol. The van der Waals surface area contributed by atoms with Crippen molar-refractivity contribution >= 4 is 10.0 Å². The molecule has 0 aromatic heterocycles. The number of nitrogens with one attached hydrogen (secondary N) is 1. The van der Waals surface area contributed by atoms with Crippen LogP contribution in [0.25, 0.3) is 0 Å². The van der Waals surface area contributed by atoms with E-state index in [2.05, 4.69) is 17.3 Å². The first-order valence-corrected chi connectivity index (χ1v) is 8.94. The standard InChI is InChI=1S/C13H27N3O2S/c1-15-8-5-12(6-9-15)10-16(2)19(17,18)11-13-4-3-7-14-13/h12-14H,3-11H2,1-2H3. The molecule has 0 aliphatic carbocycles. The lowest BCUT2D eigenvalue weighted by Gasteiger charge is -2.31. The molecule has 1 N–H and O–H groups in total. The Morgan fingerprint density at radius 3 is 2.53 bits per heavy atom. The van der Waals surface area contributed by atoms with Crippen molar-refractivity contribution in [1.82, 2.24) is 14.5 Å². The summed E-state index contributed by atoms with van der Waals surface area (Å²) in [5, 5.41) is 3.26. The van der Waals surface area contributed by atoms with Gasteiger partial charge in [-0.25, -0.2) is 12.7 Å². The predicted molar refractivity (Wildman–Crippen MR) is 77.7 cm³/mol. The highest BCUT2D eigenvalue weighted by molar-refractivity contribution is 7.89. The molecule has 2 aliphatic heterocycles. The molecule has 2 rings (SSSR count). The summed E-state index contributed by atoms with van der Waals surface area (Å²) in [5.41, 5.74) is 0. The van der Waals surface area contributed by atoms with Crippen LogP contribution in [0.4, 0.5) is 0 Å². The largest absolute Gasteiger partial charge is 0.313 e. The van der Waals surface area contributed by atoms with Crippen LogP contribution in [0.1, 0.15) is 25.7 Å². The number of piperidine rings is 1. The molecule has 6 heteroatoms. The highest BCUT2D eigenvalue weighted by Crippen LogP contribution is 2.19. The first-order valence-electron chi connectivity index (χ1n) is 7.33. The molecule has 2 fully saturated rings. The van der Waals surface area contributed by atoms with Crippen molar-refractivity contribution in [1.29, 1.82) is 0 Å². The molecule has 0 aromatic rings. The molecule has 112 valence electrons. The van der Waals surface area contributed by atoms with Crippen molar-refractivity contribution in [2.75, 3.05) is 46.0 Å². The van der Waals surface area contributed by atoms with Crippen LogP contribution in [-0.4, -0.2) is 69.7 Å². The molecule has 0 radical (unpaired) electrons. The second-order valence-electron chi connectivity index (χ2n) is 6.10. The molecule has 0 bridgehead atoms. The van der Waals surface area contributed by atoms with Gasteiger partial charge in [0, 0.05) is 19.6 Å². The second-order valence-corrected chi connectivity index (χ2v) is 8.22. The highest BCUT2D eigenvalue weighted by Gasteiger charge is 2.28. The molecule has 0 amide bonds. The topological polar surface area (TPSA) is 52.7 Å². The Morgan fingerprint density at radius 1 is 1.26 bits per heavy atom. The quantitative estimate of drug-likeness (QED) is 0.793. The van der Waals surface area contributed by atoms with Crippen LogP contribution in [0.5, 0.6) is 0 Å². The maximum atomic E-state index is 12.3. The van der Waals surface area contributed by atoms with Gasteiger partial charge in [0.25, 0.3) is 0 Å². The molecule has 5 nitrogen and oxygen atoms in total.